The molecule has 0 aromatic heterocycles. The summed E-state index contributed by atoms with van der Waals surface area (Å²) in [6, 6.07) is 6.11. The van der Waals surface area contributed by atoms with E-state index in [0.717, 1.165) is 18.4 Å². The lowest BCUT2D eigenvalue weighted by atomic mass is 10.2. The monoisotopic (exact) mass is 264 g/mol. The molecule has 1 amide bonds. The van der Waals surface area contributed by atoms with Gasteiger partial charge in [0, 0.05) is 18.2 Å². The van der Waals surface area contributed by atoms with Gasteiger partial charge in [-0.3, -0.25) is 4.79 Å². The second-order valence-corrected chi connectivity index (χ2v) is 4.60. The number of methoxy groups -OCH3 is 2. The van der Waals surface area contributed by atoms with Crippen LogP contribution in [0.5, 0.6) is 11.5 Å². The predicted octanol–water partition coefficient (Wildman–Crippen LogP) is 1.07. The van der Waals surface area contributed by atoms with Gasteiger partial charge in [0.25, 0.3) is 0 Å². The molecule has 1 fully saturated rings. The van der Waals surface area contributed by atoms with E-state index in [-0.39, 0.29) is 5.91 Å². The Labute approximate surface area is 113 Å². The third-order valence-electron chi connectivity index (χ3n) is 3.03. The van der Waals surface area contributed by atoms with Crippen molar-refractivity contribution in [2.75, 3.05) is 20.8 Å². The average Bonchev–Trinajstić information content (AvgIpc) is 3.22. The molecule has 0 saturated heterocycles. The summed E-state index contributed by atoms with van der Waals surface area (Å²) in [4.78, 5) is 11.5. The van der Waals surface area contributed by atoms with Crippen LogP contribution in [0, 0.1) is 0 Å². The molecule has 1 aromatic rings. The van der Waals surface area contributed by atoms with Crippen molar-refractivity contribution in [2.24, 2.45) is 0 Å². The number of rotatable bonds is 7. The van der Waals surface area contributed by atoms with Gasteiger partial charge in [-0.2, -0.15) is 0 Å². The van der Waals surface area contributed by atoms with E-state index in [2.05, 4.69) is 10.6 Å². The molecule has 2 N–H and O–H groups in total. The maximum Gasteiger partial charge on any atom is 0.234 e. The van der Waals surface area contributed by atoms with Crippen molar-refractivity contribution in [3.05, 3.63) is 23.8 Å². The van der Waals surface area contributed by atoms with Crippen LogP contribution in [0.1, 0.15) is 18.4 Å². The highest BCUT2D eigenvalue weighted by Crippen LogP contribution is 2.30. The quantitative estimate of drug-likeness (QED) is 0.773. The van der Waals surface area contributed by atoms with Gasteiger partial charge in [-0.25, -0.2) is 0 Å². The van der Waals surface area contributed by atoms with E-state index >= 15 is 0 Å². The van der Waals surface area contributed by atoms with Crippen LogP contribution in [0.25, 0.3) is 0 Å². The molecular weight excluding hydrogens is 244 g/mol. The maximum atomic E-state index is 11.5. The highest BCUT2D eigenvalue weighted by molar-refractivity contribution is 5.78. The zero-order chi connectivity index (χ0) is 13.7. The highest BCUT2D eigenvalue weighted by atomic mass is 16.5. The molecule has 5 nitrogen and oxygen atoms in total. The summed E-state index contributed by atoms with van der Waals surface area (Å²) in [6.45, 7) is 0.884. The summed E-state index contributed by atoms with van der Waals surface area (Å²) >= 11 is 0. The van der Waals surface area contributed by atoms with Crippen LogP contribution >= 0.6 is 0 Å². The lowest BCUT2D eigenvalue weighted by molar-refractivity contribution is -0.120. The summed E-state index contributed by atoms with van der Waals surface area (Å²) < 4.78 is 10.6. The minimum atomic E-state index is 0.0457. The number of carbonyl (C=O) groups is 1. The first-order valence-electron chi connectivity index (χ1n) is 6.44. The molecule has 1 saturated carbocycles. The summed E-state index contributed by atoms with van der Waals surface area (Å²) in [7, 11) is 3.22. The summed E-state index contributed by atoms with van der Waals surface area (Å²) in [6.07, 6.45) is 2.21. The van der Waals surface area contributed by atoms with E-state index in [1.165, 1.54) is 0 Å². The molecule has 1 aliphatic rings. The Hall–Kier alpha value is -1.75. The fourth-order valence-electron chi connectivity index (χ4n) is 1.91. The van der Waals surface area contributed by atoms with Gasteiger partial charge < -0.3 is 20.1 Å². The van der Waals surface area contributed by atoms with Crippen molar-refractivity contribution < 1.29 is 14.3 Å². The van der Waals surface area contributed by atoms with Crippen molar-refractivity contribution in [1.29, 1.82) is 0 Å². The number of ether oxygens (including phenoxy) is 2. The molecular formula is C14H20N2O3. The lowest BCUT2D eigenvalue weighted by Gasteiger charge is -2.13. The normalized spacial score (nSPS) is 14.0. The maximum absolute atomic E-state index is 11.5. The lowest BCUT2D eigenvalue weighted by Crippen LogP contribution is -2.34. The van der Waals surface area contributed by atoms with Crippen molar-refractivity contribution in [1.82, 2.24) is 10.6 Å². The number of para-hydroxylation sites is 1. The zero-order valence-electron chi connectivity index (χ0n) is 11.4. The van der Waals surface area contributed by atoms with E-state index in [0.29, 0.717) is 30.6 Å². The van der Waals surface area contributed by atoms with Gasteiger partial charge in [-0.1, -0.05) is 12.1 Å². The molecule has 0 aliphatic heterocycles. The predicted molar refractivity (Wildman–Crippen MR) is 72.4 cm³/mol. The van der Waals surface area contributed by atoms with Gasteiger partial charge >= 0.3 is 0 Å². The number of hydrogen-bond acceptors (Lipinski definition) is 4. The standard InChI is InChI=1S/C14H20N2O3/c1-18-12-5-3-4-10(14(12)19-2)8-15-9-13(17)16-11-6-7-11/h3-5,11,15H,6-9H2,1-2H3,(H,16,17). The summed E-state index contributed by atoms with van der Waals surface area (Å²) in [5, 5.41) is 6.05. The van der Waals surface area contributed by atoms with Crippen molar-refractivity contribution in [3.8, 4) is 11.5 Å². The number of hydrogen-bond donors (Lipinski definition) is 2. The van der Waals surface area contributed by atoms with E-state index in [1.54, 1.807) is 14.2 Å². The van der Waals surface area contributed by atoms with Gasteiger partial charge in [0.2, 0.25) is 5.91 Å². The fraction of sp³-hybridized carbons (Fsp3) is 0.500. The van der Waals surface area contributed by atoms with E-state index < -0.39 is 0 Å². The largest absolute Gasteiger partial charge is 0.493 e. The average molecular weight is 264 g/mol. The Kier molecular flexibility index (Phi) is 4.63. The molecule has 2 rings (SSSR count). The van der Waals surface area contributed by atoms with Gasteiger partial charge in [0.05, 0.1) is 20.8 Å². The zero-order valence-corrected chi connectivity index (χ0v) is 11.4. The Balaban J connectivity index is 1.86. The molecule has 0 heterocycles. The smallest absolute Gasteiger partial charge is 0.234 e. The third-order valence-corrected chi connectivity index (χ3v) is 3.03. The summed E-state index contributed by atoms with van der Waals surface area (Å²) in [5.74, 6) is 1.45. The summed E-state index contributed by atoms with van der Waals surface area (Å²) in [5.41, 5.74) is 0.973. The SMILES string of the molecule is COc1cccc(CNCC(=O)NC2CC2)c1OC. The van der Waals surface area contributed by atoms with Crippen LogP contribution in [-0.4, -0.2) is 32.7 Å². The molecule has 0 bridgehead atoms. The van der Waals surface area contributed by atoms with Crippen LogP contribution < -0.4 is 20.1 Å². The molecule has 19 heavy (non-hydrogen) atoms. The topological polar surface area (TPSA) is 59.6 Å². The highest BCUT2D eigenvalue weighted by Gasteiger charge is 2.22. The molecule has 104 valence electrons. The Morgan fingerprint density at radius 2 is 2.11 bits per heavy atom. The van der Waals surface area contributed by atoms with Crippen LogP contribution in [0.2, 0.25) is 0 Å². The van der Waals surface area contributed by atoms with E-state index in [1.807, 2.05) is 18.2 Å². The molecule has 0 unspecified atom stereocenters. The van der Waals surface area contributed by atoms with Gasteiger partial charge in [-0.15, -0.1) is 0 Å². The Morgan fingerprint density at radius 1 is 1.32 bits per heavy atom. The number of amides is 1. The van der Waals surface area contributed by atoms with Crippen LogP contribution in [0.15, 0.2) is 18.2 Å². The number of nitrogens with one attached hydrogen (secondary N) is 2. The Morgan fingerprint density at radius 3 is 2.74 bits per heavy atom. The van der Waals surface area contributed by atoms with Crippen molar-refractivity contribution in [3.63, 3.8) is 0 Å². The number of benzene rings is 1. The van der Waals surface area contributed by atoms with Crippen molar-refractivity contribution >= 4 is 5.91 Å². The second-order valence-electron chi connectivity index (χ2n) is 4.60. The first kappa shape index (κ1) is 13.7. The minimum Gasteiger partial charge on any atom is -0.493 e. The first-order chi connectivity index (χ1) is 9.24. The van der Waals surface area contributed by atoms with Gasteiger partial charge in [-0.05, 0) is 18.9 Å². The van der Waals surface area contributed by atoms with Gasteiger partial charge in [0.15, 0.2) is 11.5 Å². The van der Waals surface area contributed by atoms with Crippen LogP contribution in [-0.2, 0) is 11.3 Å². The number of carbonyl (C=O) groups excluding carboxylic acids is 1. The second kappa shape index (κ2) is 6.43. The molecule has 5 heteroatoms. The molecule has 1 aliphatic carbocycles. The third kappa shape index (κ3) is 3.86. The molecule has 0 spiro atoms. The van der Waals surface area contributed by atoms with Crippen LogP contribution in [0.4, 0.5) is 0 Å². The van der Waals surface area contributed by atoms with Crippen LogP contribution in [0.3, 0.4) is 0 Å². The molecule has 0 radical (unpaired) electrons. The molecule has 0 atom stereocenters. The van der Waals surface area contributed by atoms with Gasteiger partial charge in [0.1, 0.15) is 0 Å². The fourth-order valence-corrected chi connectivity index (χ4v) is 1.91. The first-order valence-corrected chi connectivity index (χ1v) is 6.44. The van der Waals surface area contributed by atoms with E-state index in [4.69, 9.17) is 9.47 Å². The van der Waals surface area contributed by atoms with Crippen molar-refractivity contribution in [2.45, 2.75) is 25.4 Å². The minimum absolute atomic E-state index is 0.0457. The van der Waals surface area contributed by atoms with E-state index in [9.17, 15) is 4.79 Å². The molecule has 1 aromatic carbocycles. The Bertz CT molecular complexity index is 444.